The number of carbonyl (C=O) groups excluding carboxylic acids is 1. The zero-order valence-electron chi connectivity index (χ0n) is 8.84. The zero-order valence-corrected chi connectivity index (χ0v) is 11.0. The van der Waals surface area contributed by atoms with Crippen molar-refractivity contribution in [2.75, 3.05) is 0 Å². The molecule has 0 aliphatic carbocycles. The van der Waals surface area contributed by atoms with Crippen molar-refractivity contribution >= 4 is 34.6 Å². The van der Waals surface area contributed by atoms with E-state index in [2.05, 4.69) is 22.6 Å². The summed E-state index contributed by atoms with van der Waals surface area (Å²) in [6, 6.07) is 11.7. The lowest BCUT2D eigenvalue weighted by Crippen LogP contribution is -2.18. The number of aliphatic carboxylic acids is 1. The van der Waals surface area contributed by atoms with Crippen molar-refractivity contribution in [1.82, 2.24) is 4.57 Å². The molecule has 3 nitrogen and oxygen atoms in total. The number of nitrogens with zero attached hydrogens (tertiary/aromatic N) is 1. The normalized spacial score (nSPS) is 10.9. The van der Waals surface area contributed by atoms with E-state index in [1.54, 1.807) is 0 Å². The van der Waals surface area contributed by atoms with Gasteiger partial charge in [0.15, 0.2) is 0 Å². The molecule has 1 heterocycles. The molecule has 86 valence electrons. The van der Waals surface area contributed by atoms with Gasteiger partial charge in [0.2, 0.25) is 0 Å². The van der Waals surface area contributed by atoms with Gasteiger partial charge < -0.3 is 14.5 Å². The summed E-state index contributed by atoms with van der Waals surface area (Å²) in [5, 5.41) is 10.4. The SMILES string of the molecule is O=C([O-])/C=C/c1cccn1-c1ccc(I)cc1. The molecule has 0 amide bonds. The number of carboxylic acids is 1. The third-order valence-electron chi connectivity index (χ3n) is 2.28. The van der Waals surface area contributed by atoms with E-state index >= 15 is 0 Å². The summed E-state index contributed by atoms with van der Waals surface area (Å²) >= 11 is 2.24. The molecule has 0 aliphatic heterocycles. The molecule has 0 bridgehead atoms. The van der Waals surface area contributed by atoms with Crippen LogP contribution in [0.2, 0.25) is 0 Å². The Morgan fingerprint density at radius 2 is 1.94 bits per heavy atom. The van der Waals surface area contributed by atoms with Crippen molar-refractivity contribution in [3.8, 4) is 5.69 Å². The van der Waals surface area contributed by atoms with Crippen molar-refractivity contribution in [2.24, 2.45) is 0 Å². The second kappa shape index (κ2) is 5.18. The van der Waals surface area contributed by atoms with Crippen LogP contribution in [0.25, 0.3) is 11.8 Å². The number of halogens is 1. The molecule has 0 spiro atoms. The molecular formula is C13H9INO2-. The zero-order chi connectivity index (χ0) is 12.3. The van der Waals surface area contributed by atoms with Gasteiger partial charge in [-0.2, -0.15) is 0 Å². The van der Waals surface area contributed by atoms with Gasteiger partial charge in [-0.15, -0.1) is 0 Å². The summed E-state index contributed by atoms with van der Waals surface area (Å²) in [6.45, 7) is 0. The molecule has 0 saturated carbocycles. The smallest absolute Gasteiger partial charge is 0.0643 e. The van der Waals surface area contributed by atoms with Crippen LogP contribution in [0.5, 0.6) is 0 Å². The van der Waals surface area contributed by atoms with Crippen LogP contribution in [-0.2, 0) is 4.79 Å². The monoisotopic (exact) mass is 338 g/mol. The van der Waals surface area contributed by atoms with Crippen molar-refractivity contribution in [2.45, 2.75) is 0 Å². The first-order chi connectivity index (χ1) is 8.16. The Morgan fingerprint density at radius 1 is 1.24 bits per heavy atom. The molecule has 0 fully saturated rings. The summed E-state index contributed by atoms with van der Waals surface area (Å²) in [5.74, 6) is -1.19. The van der Waals surface area contributed by atoms with E-state index in [1.165, 1.54) is 6.08 Å². The first-order valence-electron chi connectivity index (χ1n) is 4.99. The van der Waals surface area contributed by atoms with Gasteiger partial charge in [0.05, 0.1) is 5.97 Å². The van der Waals surface area contributed by atoms with Gasteiger partial charge in [-0.25, -0.2) is 0 Å². The Hall–Kier alpha value is -1.56. The predicted molar refractivity (Wildman–Crippen MR) is 72.5 cm³/mol. The van der Waals surface area contributed by atoms with Crippen LogP contribution in [0.15, 0.2) is 48.7 Å². The largest absolute Gasteiger partial charge is 0.545 e. The van der Waals surface area contributed by atoms with Gasteiger partial charge in [-0.1, -0.05) is 0 Å². The molecule has 4 heteroatoms. The quantitative estimate of drug-likeness (QED) is 0.633. The molecule has 2 rings (SSSR count). The lowest BCUT2D eigenvalue weighted by molar-refractivity contribution is -0.297. The summed E-state index contributed by atoms with van der Waals surface area (Å²) in [5.41, 5.74) is 1.80. The number of benzene rings is 1. The topological polar surface area (TPSA) is 45.1 Å². The molecule has 0 atom stereocenters. The number of hydrogen-bond acceptors (Lipinski definition) is 2. The minimum atomic E-state index is -1.19. The Labute approximate surface area is 113 Å². The first kappa shape index (κ1) is 11.9. The highest BCUT2D eigenvalue weighted by molar-refractivity contribution is 14.1. The van der Waals surface area contributed by atoms with E-state index in [0.717, 1.165) is 21.0 Å². The van der Waals surface area contributed by atoms with E-state index < -0.39 is 5.97 Å². The Balaban J connectivity index is 2.36. The summed E-state index contributed by atoms with van der Waals surface area (Å²) in [7, 11) is 0. The molecule has 0 radical (unpaired) electrons. The molecule has 1 aromatic heterocycles. The lowest BCUT2D eigenvalue weighted by atomic mass is 10.3. The molecule has 0 aliphatic rings. The molecular weight excluding hydrogens is 329 g/mol. The molecule has 2 aromatic rings. The van der Waals surface area contributed by atoms with Gasteiger partial charge in [0.1, 0.15) is 0 Å². The third kappa shape index (κ3) is 2.97. The highest BCUT2D eigenvalue weighted by Gasteiger charge is 1.99. The molecule has 17 heavy (non-hydrogen) atoms. The highest BCUT2D eigenvalue weighted by atomic mass is 127. The number of carbonyl (C=O) groups is 1. The van der Waals surface area contributed by atoms with Gasteiger partial charge in [0, 0.05) is 21.1 Å². The predicted octanol–water partition coefficient (Wildman–Crippen LogP) is 1.84. The molecule has 0 unspecified atom stereocenters. The van der Waals surface area contributed by atoms with Crippen molar-refractivity contribution in [3.63, 3.8) is 0 Å². The summed E-state index contributed by atoms with van der Waals surface area (Å²) in [6.07, 6.45) is 4.43. The molecule has 0 saturated heterocycles. The fourth-order valence-corrected chi connectivity index (χ4v) is 1.88. The van der Waals surface area contributed by atoms with Crippen LogP contribution in [0, 0.1) is 3.57 Å². The van der Waals surface area contributed by atoms with Crippen LogP contribution >= 0.6 is 22.6 Å². The Kier molecular flexibility index (Phi) is 3.63. The highest BCUT2D eigenvalue weighted by Crippen LogP contribution is 2.15. The standard InChI is InChI=1S/C13H10INO2/c14-10-3-5-12(6-4-10)15-9-1-2-11(15)7-8-13(16)17/h1-9H,(H,16,17)/p-1/b8-7+. The number of hydrogen-bond donors (Lipinski definition) is 0. The molecule has 0 N–H and O–H groups in total. The number of carboxylic acid groups (broad SMARTS) is 1. The number of aromatic nitrogens is 1. The van der Waals surface area contributed by atoms with Crippen molar-refractivity contribution < 1.29 is 9.90 Å². The second-order valence-electron chi connectivity index (χ2n) is 3.43. The summed E-state index contributed by atoms with van der Waals surface area (Å²) < 4.78 is 3.07. The maximum Gasteiger partial charge on any atom is 0.0643 e. The Morgan fingerprint density at radius 3 is 2.59 bits per heavy atom. The minimum Gasteiger partial charge on any atom is -0.545 e. The van der Waals surface area contributed by atoms with Crippen LogP contribution < -0.4 is 5.11 Å². The van der Waals surface area contributed by atoms with Crippen LogP contribution in [0.4, 0.5) is 0 Å². The summed E-state index contributed by atoms with van der Waals surface area (Å²) in [4.78, 5) is 10.4. The van der Waals surface area contributed by atoms with Crippen LogP contribution in [-0.4, -0.2) is 10.5 Å². The second-order valence-corrected chi connectivity index (χ2v) is 4.68. The fourth-order valence-electron chi connectivity index (χ4n) is 1.52. The van der Waals surface area contributed by atoms with Gasteiger partial charge in [0.25, 0.3) is 0 Å². The van der Waals surface area contributed by atoms with Gasteiger partial charge >= 0.3 is 0 Å². The maximum absolute atomic E-state index is 10.4. The van der Waals surface area contributed by atoms with Crippen LogP contribution in [0.3, 0.4) is 0 Å². The van der Waals surface area contributed by atoms with Gasteiger partial charge in [-0.3, -0.25) is 0 Å². The van der Waals surface area contributed by atoms with E-state index in [0.29, 0.717) is 0 Å². The van der Waals surface area contributed by atoms with Gasteiger partial charge in [-0.05, 0) is 71.1 Å². The fraction of sp³-hybridized carbons (Fsp3) is 0. The van der Waals surface area contributed by atoms with E-state index in [1.807, 2.05) is 47.2 Å². The van der Waals surface area contributed by atoms with Crippen LogP contribution in [0.1, 0.15) is 5.69 Å². The number of rotatable bonds is 3. The lowest BCUT2D eigenvalue weighted by Gasteiger charge is -2.06. The van der Waals surface area contributed by atoms with Crippen molar-refractivity contribution in [1.29, 1.82) is 0 Å². The third-order valence-corrected chi connectivity index (χ3v) is 2.99. The van der Waals surface area contributed by atoms with E-state index in [9.17, 15) is 9.90 Å². The van der Waals surface area contributed by atoms with E-state index in [4.69, 9.17) is 0 Å². The average Bonchev–Trinajstić information content (AvgIpc) is 2.75. The molecule has 1 aromatic carbocycles. The first-order valence-corrected chi connectivity index (χ1v) is 6.07. The van der Waals surface area contributed by atoms with E-state index in [-0.39, 0.29) is 0 Å². The minimum absolute atomic E-state index is 0.801. The Bertz CT molecular complexity index is 555. The average molecular weight is 338 g/mol. The maximum atomic E-state index is 10.4. The van der Waals surface area contributed by atoms with Crippen molar-refractivity contribution in [3.05, 3.63) is 57.9 Å².